The zero-order chi connectivity index (χ0) is 19.6. The quantitative estimate of drug-likeness (QED) is 0.672. The lowest BCUT2D eigenvalue weighted by Crippen LogP contribution is -2.25. The highest BCUT2D eigenvalue weighted by Crippen LogP contribution is 2.36. The van der Waals surface area contributed by atoms with E-state index in [0.29, 0.717) is 11.8 Å². The molecule has 1 unspecified atom stereocenters. The largest absolute Gasteiger partial charge is 0.382 e. The Morgan fingerprint density at radius 3 is 1.96 bits per heavy atom. The predicted octanol–water partition coefficient (Wildman–Crippen LogP) is 6.41. The van der Waals surface area contributed by atoms with Crippen molar-refractivity contribution in [2.45, 2.75) is 52.6 Å². The molecule has 2 aromatic carbocycles. The van der Waals surface area contributed by atoms with Gasteiger partial charge in [0.15, 0.2) is 0 Å². The van der Waals surface area contributed by atoms with Crippen molar-refractivity contribution in [2.24, 2.45) is 4.99 Å². The summed E-state index contributed by atoms with van der Waals surface area (Å²) in [5.74, 6) is 0.745. The maximum absolute atomic E-state index is 11.1. The van der Waals surface area contributed by atoms with Crippen LogP contribution >= 0.6 is 0 Å². The van der Waals surface area contributed by atoms with Gasteiger partial charge in [-0.05, 0) is 46.6 Å². The van der Waals surface area contributed by atoms with Crippen molar-refractivity contribution in [1.29, 1.82) is 0 Å². The third-order valence-corrected chi connectivity index (χ3v) is 5.15. The number of hydrogen-bond acceptors (Lipinski definition) is 2. The van der Waals surface area contributed by atoms with E-state index in [1.54, 1.807) is 0 Å². The van der Waals surface area contributed by atoms with Gasteiger partial charge in [0.2, 0.25) is 0 Å². The first-order chi connectivity index (χ1) is 12.9. The molecule has 1 aliphatic carbocycles. The van der Waals surface area contributed by atoms with E-state index < -0.39 is 6.10 Å². The summed E-state index contributed by atoms with van der Waals surface area (Å²) in [6.45, 7) is 10.8. The summed E-state index contributed by atoms with van der Waals surface area (Å²) in [6.07, 6.45) is 3.34. The average Bonchev–Trinajstić information content (AvgIpc) is 2.65. The predicted molar refractivity (Wildman–Crippen MR) is 116 cm³/mol. The van der Waals surface area contributed by atoms with Crippen LogP contribution in [0.3, 0.4) is 0 Å². The zero-order valence-corrected chi connectivity index (χ0v) is 16.9. The second-order valence-corrected chi connectivity index (χ2v) is 7.83. The van der Waals surface area contributed by atoms with Crippen LogP contribution in [-0.2, 0) is 0 Å². The van der Waals surface area contributed by atoms with E-state index in [0.717, 1.165) is 28.1 Å². The SMILES string of the molecule is CC1=CC=C(c2ccccc2)C(O)C1=Nc1c(C(C)C)cccc1C(C)C. The number of aliphatic imine (C=N–C) groups is 1. The lowest BCUT2D eigenvalue weighted by atomic mass is 9.88. The van der Waals surface area contributed by atoms with Gasteiger partial charge in [0.25, 0.3) is 0 Å². The van der Waals surface area contributed by atoms with Gasteiger partial charge in [-0.15, -0.1) is 0 Å². The van der Waals surface area contributed by atoms with Crippen LogP contribution in [0.5, 0.6) is 0 Å². The molecule has 0 amide bonds. The fourth-order valence-electron chi connectivity index (χ4n) is 3.55. The topological polar surface area (TPSA) is 32.6 Å². The molecule has 0 bridgehead atoms. The zero-order valence-electron chi connectivity index (χ0n) is 16.9. The summed E-state index contributed by atoms with van der Waals surface area (Å²) in [7, 11) is 0. The van der Waals surface area contributed by atoms with Gasteiger partial charge >= 0.3 is 0 Å². The number of allylic oxidation sites excluding steroid dienone is 2. The Balaban J connectivity index is 2.13. The average molecular weight is 360 g/mol. The third-order valence-electron chi connectivity index (χ3n) is 5.15. The summed E-state index contributed by atoms with van der Waals surface area (Å²) in [4.78, 5) is 5.06. The van der Waals surface area contributed by atoms with Gasteiger partial charge in [0.05, 0.1) is 11.4 Å². The van der Waals surface area contributed by atoms with Crippen LogP contribution < -0.4 is 0 Å². The first-order valence-corrected chi connectivity index (χ1v) is 9.73. The fourth-order valence-corrected chi connectivity index (χ4v) is 3.55. The van der Waals surface area contributed by atoms with Crippen LogP contribution in [0.25, 0.3) is 5.57 Å². The molecule has 0 heterocycles. The fraction of sp³-hybridized carbons (Fsp3) is 0.320. The van der Waals surface area contributed by atoms with Crippen LogP contribution in [0.15, 0.2) is 71.2 Å². The molecule has 2 aromatic rings. The van der Waals surface area contributed by atoms with Gasteiger partial charge in [-0.3, -0.25) is 0 Å². The van der Waals surface area contributed by atoms with Gasteiger partial charge in [-0.2, -0.15) is 0 Å². The number of benzene rings is 2. The second kappa shape index (κ2) is 8.06. The minimum atomic E-state index is -0.724. The number of aliphatic hydroxyl groups excluding tert-OH is 1. The molecule has 1 aliphatic rings. The minimum absolute atomic E-state index is 0.372. The molecule has 1 atom stereocenters. The summed E-state index contributed by atoms with van der Waals surface area (Å²) in [6, 6.07) is 16.5. The minimum Gasteiger partial charge on any atom is -0.382 e. The van der Waals surface area contributed by atoms with Gasteiger partial charge < -0.3 is 5.11 Å². The Kier molecular flexibility index (Phi) is 5.76. The Hall–Kier alpha value is -2.45. The lowest BCUT2D eigenvalue weighted by molar-refractivity contribution is 0.297. The van der Waals surface area contributed by atoms with E-state index >= 15 is 0 Å². The smallest absolute Gasteiger partial charge is 0.122 e. The Labute approximate surface area is 163 Å². The normalized spacial score (nSPS) is 18.8. The second-order valence-electron chi connectivity index (χ2n) is 7.83. The Morgan fingerprint density at radius 1 is 0.815 bits per heavy atom. The summed E-state index contributed by atoms with van der Waals surface area (Å²) in [5, 5.41) is 11.1. The van der Waals surface area contributed by atoms with Crippen molar-refractivity contribution < 1.29 is 5.11 Å². The van der Waals surface area contributed by atoms with E-state index in [4.69, 9.17) is 4.99 Å². The van der Waals surface area contributed by atoms with E-state index in [-0.39, 0.29) is 0 Å². The first kappa shape index (κ1) is 19.3. The van der Waals surface area contributed by atoms with Crippen LogP contribution in [0.4, 0.5) is 5.69 Å². The van der Waals surface area contributed by atoms with Crippen molar-refractivity contribution in [3.63, 3.8) is 0 Å². The molecular formula is C25H29NO. The molecule has 2 nitrogen and oxygen atoms in total. The molecule has 0 spiro atoms. The summed E-state index contributed by atoms with van der Waals surface area (Å²) >= 11 is 0. The molecule has 0 saturated carbocycles. The maximum Gasteiger partial charge on any atom is 0.122 e. The van der Waals surface area contributed by atoms with Gasteiger partial charge in [0.1, 0.15) is 6.10 Å². The van der Waals surface area contributed by atoms with E-state index in [9.17, 15) is 5.11 Å². The van der Waals surface area contributed by atoms with Crippen molar-refractivity contribution in [3.8, 4) is 0 Å². The van der Waals surface area contributed by atoms with Crippen LogP contribution in [0.2, 0.25) is 0 Å². The Morgan fingerprint density at radius 2 is 1.41 bits per heavy atom. The lowest BCUT2D eigenvalue weighted by Gasteiger charge is -2.24. The molecule has 0 saturated heterocycles. The van der Waals surface area contributed by atoms with Crippen molar-refractivity contribution in [1.82, 2.24) is 0 Å². The molecule has 0 radical (unpaired) electrons. The van der Waals surface area contributed by atoms with Crippen LogP contribution in [0, 0.1) is 0 Å². The molecule has 0 aliphatic heterocycles. The molecule has 2 heteroatoms. The monoisotopic (exact) mass is 359 g/mol. The molecular weight excluding hydrogens is 330 g/mol. The van der Waals surface area contributed by atoms with Crippen molar-refractivity contribution >= 4 is 17.0 Å². The molecule has 1 N–H and O–H groups in total. The number of hydrogen-bond donors (Lipinski definition) is 1. The molecule has 27 heavy (non-hydrogen) atoms. The van der Waals surface area contributed by atoms with E-state index in [1.165, 1.54) is 11.1 Å². The molecule has 3 rings (SSSR count). The number of nitrogens with zero attached hydrogens (tertiary/aromatic N) is 1. The first-order valence-electron chi connectivity index (χ1n) is 9.73. The van der Waals surface area contributed by atoms with Gasteiger partial charge in [0, 0.05) is 0 Å². The number of aliphatic hydroxyl groups is 1. The highest BCUT2D eigenvalue weighted by Gasteiger charge is 2.25. The van der Waals surface area contributed by atoms with Gasteiger partial charge in [-0.25, -0.2) is 4.99 Å². The van der Waals surface area contributed by atoms with E-state index in [1.807, 2.05) is 43.3 Å². The highest BCUT2D eigenvalue weighted by atomic mass is 16.3. The Bertz CT molecular complexity index is 875. The molecule has 140 valence electrons. The van der Waals surface area contributed by atoms with Crippen LogP contribution in [-0.4, -0.2) is 16.9 Å². The summed E-state index contributed by atoms with van der Waals surface area (Å²) in [5.41, 5.74) is 7.14. The van der Waals surface area contributed by atoms with Crippen molar-refractivity contribution in [3.05, 3.63) is 82.9 Å². The number of rotatable bonds is 4. The molecule has 0 aromatic heterocycles. The van der Waals surface area contributed by atoms with E-state index in [2.05, 4.69) is 52.0 Å². The number of para-hydroxylation sites is 1. The van der Waals surface area contributed by atoms with Crippen LogP contribution in [0.1, 0.15) is 63.1 Å². The maximum atomic E-state index is 11.1. The molecule has 0 fully saturated rings. The summed E-state index contributed by atoms with van der Waals surface area (Å²) < 4.78 is 0. The third kappa shape index (κ3) is 3.96. The highest BCUT2D eigenvalue weighted by molar-refractivity contribution is 6.13. The standard InChI is InChI=1S/C25H29NO/c1-16(2)20-12-9-13-21(17(3)4)24(20)26-23-18(5)14-15-22(25(23)27)19-10-7-6-8-11-19/h6-17,25,27H,1-5H3. The van der Waals surface area contributed by atoms with Gasteiger partial charge in [-0.1, -0.05) is 88.4 Å². The van der Waals surface area contributed by atoms with Crippen molar-refractivity contribution in [2.75, 3.05) is 0 Å².